The summed E-state index contributed by atoms with van der Waals surface area (Å²) in [5, 5.41) is 3.98. The van der Waals surface area contributed by atoms with Crippen molar-refractivity contribution in [1.82, 2.24) is 4.98 Å². The Morgan fingerprint density at radius 3 is 2.35 bits per heavy atom. The van der Waals surface area contributed by atoms with Crippen LogP contribution >= 0.6 is 27.3 Å². The van der Waals surface area contributed by atoms with Gasteiger partial charge in [0.25, 0.3) is 0 Å². The second-order valence-corrected chi connectivity index (χ2v) is 4.49. The topological polar surface area (TPSA) is 22.1 Å². The molecule has 0 atom stereocenters. The molecule has 2 nitrogen and oxygen atoms in total. The molecule has 0 radical (unpaired) electrons. The van der Waals surface area contributed by atoms with Gasteiger partial charge >= 0.3 is 0 Å². The van der Waals surface area contributed by atoms with E-state index >= 15 is 0 Å². The molecule has 0 unspecified atom stereocenters. The van der Waals surface area contributed by atoms with Crippen molar-refractivity contribution in [3.63, 3.8) is 0 Å². The van der Waals surface area contributed by atoms with E-state index in [-0.39, 0.29) is 0 Å². The van der Waals surface area contributed by atoms with Crippen molar-refractivity contribution in [2.75, 3.05) is 7.11 Å². The zero-order valence-electron chi connectivity index (χ0n) is 10.2. The van der Waals surface area contributed by atoms with Crippen molar-refractivity contribution in [3.05, 3.63) is 34.7 Å². The van der Waals surface area contributed by atoms with Crippen LogP contribution in [0.5, 0.6) is 5.75 Å². The Morgan fingerprint density at radius 1 is 1.24 bits per heavy atom. The number of thiazole rings is 1. The molecule has 4 heteroatoms. The number of halogens is 1. The van der Waals surface area contributed by atoms with E-state index in [4.69, 9.17) is 4.74 Å². The van der Waals surface area contributed by atoms with Gasteiger partial charge in [0.1, 0.15) is 10.8 Å². The third-order valence-electron chi connectivity index (χ3n) is 2.05. The van der Waals surface area contributed by atoms with Gasteiger partial charge in [0, 0.05) is 10.9 Å². The average molecular weight is 314 g/mol. The first kappa shape index (κ1) is 14.2. The van der Waals surface area contributed by atoms with Gasteiger partial charge in [-0.3, -0.25) is 0 Å². The summed E-state index contributed by atoms with van der Waals surface area (Å²) in [5.41, 5.74) is 2.15. The number of benzene rings is 1. The number of rotatable bonds is 3. The van der Waals surface area contributed by atoms with Crippen LogP contribution in [0.3, 0.4) is 0 Å². The van der Waals surface area contributed by atoms with Crippen LogP contribution in [0, 0.1) is 0 Å². The molecule has 0 saturated carbocycles. The number of aromatic nitrogens is 1. The lowest BCUT2D eigenvalue weighted by Crippen LogP contribution is -1.83. The molecule has 0 aliphatic carbocycles. The fourth-order valence-corrected chi connectivity index (χ4v) is 2.44. The minimum Gasteiger partial charge on any atom is -0.497 e. The van der Waals surface area contributed by atoms with Crippen molar-refractivity contribution in [3.8, 4) is 17.0 Å². The van der Waals surface area contributed by atoms with E-state index in [0.717, 1.165) is 27.3 Å². The Hall–Kier alpha value is -0.870. The molecule has 0 aliphatic rings. The lowest BCUT2D eigenvalue weighted by Gasteiger charge is -2.00. The SMILES string of the molecule is CC.COc1ccc(-c2csc(CBr)n2)cc1. The van der Waals surface area contributed by atoms with Crippen molar-refractivity contribution in [1.29, 1.82) is 0 Å². The summed E-state index contributed by atoms with van der Waals surface area (Å²) in [4.78, 5) is 4.49. The molecule has 1 heterocycles. The summed E-state index contributed by atoms with van der Waals surface area (Å²) in [5.74, 6) is 0.870. The third kappa shape index (κ3) is 3.82. The van der Waals surface area contributed by atoms with Gasteiger partial charge in [0.15, 0.2) is 0 Å². The maximum absolute atomic E-state index is 5.11. The first-order chi connectivity index (χ1) is 8.33. The number of ether oxygens (including phenoxy) is 1. The van der Waals surface area contributed by atoms with E-state index in [1.807, 2.05) is 38.1 Å². The summed E-state index contributed by atoms with van der Waals surface area (Å²) in [6.07, 6.45) is 0. The highest BCUT2D eigenvalue weighted by Crippen LogP contribution is 2.24. The van der Waals surface area contributed by atoms with E-state index in [2.05, 4.69) is 26.3 Å². The number of methoxy groups -OCH3 is 1. The van der Waals surface area contributed by atoms with E-state index in [1.165, 1.54) is 0 Å². The highest BCUT2D eigenvalue weighted by Gasteiger charge is 2.03. The van der Waals surface area contributed by atoms with Gasteiger partial charge in [-0.1, -0.05) is 29.8 Å². The fourth-order valence-electron chi connectivity index (χ4n) is 1.27. The molecule has 92 valence electrons. The van der Waals surface area contributed by atoms with E-state index in [9.17, 15) is 0 Å². The van der Waals surface area contributed by atoms with Crippen LogP contribution in [-0.2, 0) is 5.33 Å². The largest absolute Gasteiger partial charge is 0.497 e. The molecule has 0 bridgehead atoms. The quantitative estimate of drug-likeness (QED) is 0.763. The smallest absolute Gasteiger partial charge is 0.118 e. The second-order valence-electron chi connectivity index (χ2n) is 2.99. The normalized spacial score (nSPS) is 9.41. The maximum Gasteiger partial charge on any atom is 0.118 e. The molecule has 0 saturated heterocycles. The average Bonchev–Trinajstić information content (AvgIpc) is 2.90. The molecule has 2 aromatic rings. The molecule has 17 heavy (non-hydrogen) atoms. The van der Waals surface area contributed by atoms with Gasteiger partial charge in [-0.25, -0.2) is 4.98 Å². The van der Waals surface area contributed by atoms with Crippen LogP contribution in [0.4, 0.5) is 0 Å². The standard InChI is InChI=1S/C11H10BrNOS.C2H6/c1-14-9-4-2-8(3-5-9)10-7-15-11(6-12)13-10;1-2/h2-5,7H,6H2,1H3;1-2H3. The molecular formula is C13H16BrNOS. The van der Waals surface area contributed by atoms with Crippen LogP contribution in [0.15, 0.2) is 29.6 Å². The molecule has 0 amide bonds. The number of hydrogen-bond acceptors (Lipinski definition) is 3. The molecule has 2 rings (SSSR count). The Balaban J connectivity index is 0.000000686. The molecule has 0 N–H and O–H groups in total. The monoisotopic (exact) mass is 313 g/mol. The lowest BCUT2D eigenvalue weighted by molar-refractivity contribution is 0.415. The minimum absolute atomic E-state index is 0.813. The predicted molar refractivity (Wildman–Crippen MR) is 78.1 cm³/mol. The summed E-state index contributed by atoms with van der Waals surface area (Å²) in [6, 6.07) is 7.93. The van der Waals surface area contributed by atoms with Gasteiger partial charge in [-0.15, -0.1) is 11.3 Å². The first-order valence-electron chi connectivity index (χ1n) is 5.48. The summed E-state index contributed by atoms with van der Waals surface area (Å²) < 4.78 is 5.11. The van der Waals surface area contributed by atoms with Crippen LogP contribution in [-0.4, -0.2) is 12.1 Å². The van der Waals surface area contributed by atoms with Gasteiger partial charge < -0.3 is 4.74 Å². The number of alkyl halides is 1. The van der Waals surface area contributed by atoms with Crippen LogP contribution in [0.25, 0.3) is 11.3 Å². The Labute approximate surface area is 115 Å². The van der Waals surface area contributed by atoms with Gasteiger partial charge in [-0.2, -0.15) is 0 Å². The Kier molecular flexibility index (Phi) is 6.22. The Morgan fingerprint density at radius 2 is 1.88 bits per heavy atom. The molecule has 1 aromatic heterocycles. The third-order valence-corrected chi connectivity index (χ3v) is 3.80. The molecular weight excluding hydrogens is 298 g/mol. The summed E-state index contributed by atoms with van der Waals surface area (Å²) >= 11 is 5.06. The number of hydrogen-bond donors (Lipinski definition) is 0. The lowest BCUT2D eigenvalue weighted by atomic mass is 10.2. The van der Waals surface area contributed by atoms with Crippen LogP contribution in [0.1, 0.15) is 18.9 Å². The van der Waals surface area contributed by atoms with E-state index < -0.39 is 0 Å². The van der Waals surface area contributed by atoms with Crippen LogP contribution < -0.4 is 4.74 Å². The summed E-state index contributed by atoms with van der Waals surface area (Å²) in [7, 11) is 1.67. The summed E-state index contributed by atoms with van der Waals surface area (Å²) in [6.45, 7) is 4.00. The highest BCUT2D eigenvalue weighted by molar-refractivity contribution is 9.08. The van der Waals surface area contributed by atoms with Crippen molar-refractivity contribution in [2.24, 2.45) is 0 Å². The van der Waals surface area contributed by atoms with Crippen molar-refractivity contribution in [2.45, 2.75) is 19.2 Å². The molecule has 0 spiro atoms. The zero-order chi connectivity index (χ0) is 12.7. The highest BCUT2D eigenvalue weighted by atomic mass is 79.9. The Bertz CT molecular complexity index is 439. The fraction of sp³-hybridized carbons (Fsp3) is 0.308. The van der Waals surface area contributed by atoms with Crippen molar-refractivity contribution < 1.29 is 4.74 Å². The van der Waals surface area contributed by atoms with Gasteiger partial charge in [0.2, 0.25) is 0 Å². The van der Waals surface area contributed by atoms with E-state index in [0.29, 0.717) is 0 Å². The van der Waals surface area contributed by atoms with Gasteiger partial charge in [-0.05, 0) is 24.3 Å². The maximum atomic E-state index is 5.11. The van der Waals surface area contributed by atoms with Crippen LogP contribution in [0.2, 0.25) is 0 Å². The predicted octanol–water partition coefficient (Wildman–Crippen LogP) is 4.74. The zero-order valence-corrected chi connectivity index (χ0v) is 12.6. The van der Waals surface area contributed by atoms with E-state index in [1.54, 1.807) is 18.4 Å². The molecule has 0 aliphatic heterocycles. The second kappa shape index (κ2) is 7.45. The van der Waals surface area contributed by atoms with Crippen molar-refractivity contribution >= 4 is 27.3 Å². The molecule has 1 aromatic carbocycles. The first-order valence-corrected chi connectivity index (χ1v) is 7.48. The molecule has 0 fully saturated rings. The minimum atomic E-state index is 0.813. The van der Waals surface area contributed by atoms with Gasteiger partial charge in [0.05, 0.1) is 18.1 Å². The number of nitrogens with zero attached hydrogens (tertiary/aromatic N) is 1.